The second-order valence-corrected chi connectivity index (χ2v) is 8.32. The van der Waals surface area contributed by atoms with Crippen LogP contribution in [0, 0.1) is 5.92 Å². The molecule has 0 bridgehead atoms. The predicted molar refractivity (Wildman–Crippen MR) is 102 cm³/mol. The van der Waals surface area contributed by atoms with Gasteiger partial charge in [0.15, 0.2) is 0 Å². The molecule has 1 aromatic carbocycles. The molecule has 0 atom stereocenters. The SMILES string of the molecule is CC(C)(C)NC(=O)N1CCC(CNC(=O)c2ccc3nsnc3c2)CC1. The van der Waals surface area contributed by atoms with Crippen molar-refractivity contribution in [1.82, 2.24) is 24.3 Å². The number of piperidine rings is 1. The number of fused-ring (bicyclic) bond motifs is 1. The van der Waals surface area contributed by atoms with Gasteiger partial charge >= 0.3 is 6.03 Å². The van der Waals surface area contributed by atoms with Crippen molar-refractivity contribution in [2.75, 3.05) is 19.6 Å². The lowest BCUT2D eigenvalue weighted by atomic mass is 9.96. The van der Waals surface area contributed by atoms with Crippen LogP contribution in [-0.4, -0.2) is 50.8 Å². The van der Waals surface area contributed by atoms with E-state index in [9.17, 15) is 9.59 Å². The third-order valence-corrected chi connectivity index (χ3v) is 5.01. The first-order valence-electron chi connectivity index (χ1n) is 8.89. The molecule has 0 saturated carbocycles. The highest BCUT2D eigenvalue weighted by atomic mass is 32.1. The monoisotopic (exact) mass is 375 g/mol. The average molecular weight is 375 g/mol. The number of nitrogens with one attached hydrogen (secondary N) is 2. The van der Waals surface area contributed by atoms with Gasteiger partial charge in [-0.15, -0.1) is 0 Å². The number of carbonyl (C=O) groups excluding carboxylic acids is 2. The fourth-order valence-corrected chi connectivity index (χ4v) is 3.52. The van der Waals surface area contributed by atoms with Crippen molar-refractivity contribution >= 4 is 34.7 Å². The Hall–Kier alpha value is -2.22. The number of rotatable bonds is 3. The minimum Gasteiger partial charge on any atom is -0.352 e. The molecule has 1 aromatic heterocycles. The standard InChI is InChI=1S/C18H25N5O2S/c1-18(2,3)20-17(25)23-8-6-12(7-9-23)11-19-16(24)13-4-5-14-15(10-13)22-26-21-14/h4-5,10,12H,6-9,11H2,1-3H3,(H,19,24)(H,20,25). The first-order chi connectivity index (χ1) is 12.3. The smallest absolute Gasteiger partial charge is 0.317 e. The molecule has 1 fully saturated rings. The molecule has 2 heterocycles. The quantitative estimate of drug-likeness (QED) is 0.863. The zero-order valence-electron chi connectivity index (χ0n) is 15.4. The summed E-state index contributed by atoms with van der Waals surface area (Å²) in [5.41, 5.74) is 1.94. The summed E-state index contributed by atoms with van der Waals surface area (Å²) < 4.78 is 8.31. The van der Waals surface area contributed by atoms with Gasteiger partial charge in [-0.1, -0.05) is 0 Å². The van der Waals surface area contributed by atoms with Gasteiger partial charge in [0, 0.05) is 30.7 Å². The zero-order chi connectivity index (χ0) is 18.7. The number of aromatic nitrogens is 2. The van der Waals surface area contributed by atoms with Gasteiger partial charge in [-0.3, -0.25) is 4.79 Å². The van der Waals surface area contributed by atoms with Gasteiger partial charge < -0.3 is 15.5 Å². The Balaban J connectivity index is 1.46. The molecule has 2 aromatic rings. The van der Waals surface area contributed by atoms with Crippen LogP contribution in [0.15, 0.2) is 18.2 Å². The van der Waals surface area contributed by atoms with Crippen LogP contribution in [0.25, 0.3) is 11.0 Å². The highest BCUT2D eigenvalue weighted by molar-refractivity contribution is 7.00. The lowest BCUT2D eigenvalue weighted by molar-refractivity contribution is 0.0937. The van der Waals surface area contributed by atoms with E-state index in [2.05, 4.69) is 19.4 Å². The summed E-state index contributed by atoms with van der Waals surface area (Å²) >= 11 is 1.15. The van der Waals surface area contributed by atoms with Crippen molar-refractivity contribution in [3.8, 4) is 0 Å². The van der Waals surface area contributed by atoms with Crippen LogP contribution in [0.3, 0.4) is 0 Å². The Morgan fingerprint density at radius 1 is 1.19 bits per heavy atom. The molecule has 0 radical (unpaired) electrons. The van der Waals surface area contributed by atoms with E-state index < -0.39 is 0 Å². The molecule has 8 heteroatoms. The maximum atomic E-state index is 12.4. The Morgan fingerprint density at radius 3 is 2.58 bits per heavy atom. The first kappa shape index (κ1) is 18.6. The van der Waals surface area contributed by atoms with Gasteiger partial charge in [-0.2, -0.15) is 8.75 Å². The van der Waals surface area contributed by atoms with Crippen LogP contribution >= 0.6 is 11.7 Å². The molecular weight excluding hydrogens is 350 g/mol. The summed E-state index contributed by atoms with van der Waals surface area (Å²) in [4.78, 5) is 26.4. The summed E-state index contributed by atoms with van der Waals surface area (Å²) in [5.74, 6) is 0.301. The van der Waals surface area contributed by atoms with Gasteiger partial charge in [0.25, 0.3) is 5.91 Å². The van der Waals surface area contributed by atoms with Crippen molar-refractivity contribution in [2.24, 2.45) is 5.92 Å². The van der Waals surface area contributed by atoms with Crippen molar-refractivity contribution in [3.05, 3.63) is 23.8 Å². The van der Waals surface area contributed by atoms with Gasteiger partial charge in [0.05, 0.1) is 11.7 Å². The summed E-state index contributed by atoms with van der Waals surface area (Å²) in [6.07, 6.45) is 1.79. The van der Waals surface area contributed by atoms with Crippen LogP contribution in [-0.2, 0) is 0 Å². The molecule has 26 heavy (non-hydrogen) atoms. The Kier molecular flexibility index (Phi) is 5.41. The van der Waals surface area contributed by atoms with Gasteiger partial charge in [0.1, 0.15) is 11.0 Å². The molecule has 1 saturated heterocycles. The van der Waals surface area contributed by atoms with E-state index in [1.165, 1.54) is 0 Å². The number of carbonyl (C=O) groups is 2. The van der Waals surface area contributed by atoms with Crippen molar-refractivity contribution in [3.63, 3.8) is 0 Å². The third-order valence-electron chi connectivity index (χ3n) is 4.45. The largest absolute Gasteiger partial charge is 0.352 e. The van der Waals surface area contributed by atoms with E-state index in [-0.39, 0.29) is 17.5 Å². The second kappa shape index (κ2) is 7.57. The summed E-state index contributed by atoms with van der Waals surface area (Å²) in [6.45, 7) is 8.00. The number of hydrogen-bond donors (Lipinski definition) is 2. The van der Waals surface area contributed by atoms with E-state index in [1.54, 1.807) is 12.1 Å². The number of amides is 3. The molecule has 0 aliphatic carbocycles. The lowest BCUT2D eigenvalue weighted by Crippen LogP contribution is -2.51. The minimum atomic E-state index is -0.226. The van der Waals surface area contributed by atoms with Crippen LogP contribution in [0.2, 0.25) is 0 Å². The van der Waals surface area contributed by atoms with Crippen molar-refractivity contribution < 1.29 is 9.59 Å². The molecule has 3 amide bonds. The maximum absolute atomic E-state index is 12.4. The predicted octanol–water partition coefficient (Wildman–Crippen LogP) is 2.64. The average Bonchev–Trinajstić information content (AvgIpc) is 3.06. The minimum absolute atomic E-state index is 0.00911. The molecule has 2 N–H and O–H groups in total. The number of urea groups is 1. The normalized spacial score (nSPS) is 15.9. The highest BCUT2D eigenvalue weighted by Gasteiger charge is 2.25. The molecule has 7 nitrogen and oxygen atoms in total. The molecule has 1 aliphatic rings. The fourth-order valence-electron chi connectivity index (χ4n) is 3.00. The summed E-state index contributed by atoms with van der Waals surface area (Å²) in [7, 11) is 0. The maximum Gasteiger partial charge on any atom is 0.317 e. The Labute approximate surface area is 157 Å². The molecular formula is C18H25N5O2S. The van der Waals surface area contributed by atoms with Gasteiger partial charge in [0.2, 0.25) is 0 Å². The van der Waals surface area contributed by atoms with Crippen LogP contribution < -0.4 is 10.6 Å². The fraction of sp³-hybridized carbons (Fsp3) is 0.556. The molecule has 0 unspecified atom stereocenters. The number of nitrogens with zero attached hydrogens (tertiary/aromatic N) is 3. The number of likely N-dealkylation sites (tertiary alicyclic amines) is 1. The van der Waals surface area contributed by atoms with Gasteiger partial charge in [-0.05, 0) is 57.7 Å². The highest BCUT2D eigenvalue weighted by Crippen LogP contribution is 2.18. The number of benzene rings is 1. The Bertz CT molecular complexity index is 790. The first-order valence-corrected chi connectivity index (χ1v) is 9.62. The second-order valence-electron chi connectivity index (χ2n) is 7.79. The molecule has 3 rings (SSSR count). The van der Waals surface area contributed by atoms with E-state index in [1.807, 2.05) is 31.7 Å². The van der Waals surface area contributed by atoms with Crippen LogP contribution in [0.5, 0.6) is 0 Å². The van der Waals surface area contributed by atoms with E-state index in [0.29, 0.717) is 18.0 Å². The van der Waals surface area contributed by atoms with Crippen molar-refractivity contribution in [2.45, 2.75) is 39.2 Å². The zero-order valence-corrected chi connectivity index (χ0v) is 16.2. The lowest BCUT2D eigenvalue weighted by Gasteiger charge is -2.34. The van der Waals surface area contributed by atoms with Gasteiger partial charge in [-0.25, -0.2) is 4.79 Å². The molecule has 140 valence electrons. The Morgan fingerprint density at radius 2 is 1.88 bits per heavy atom. The summed E-state index contributed by atoms with van der Waals surface area (Å²) in [5, 5.41) is 6.00. The third kappa shape index (κ3) is 4.69. The van der Waals surface area contributed by atoms with Crippen molar-refractivity contribution in [1.29, 1.82) is 0 Å². The topological polar surface area (TPSA) is 87.2 Å². The molecule has 1 aliphatic heterocycles. The number of hydrogen-bond acceptors (Lipinski definition) is 5. The molecule has 0 spiro atoms. The van der Waals surface area contributed by atoms with E-state index in [0.717, 1.165) is 48.7 Å². The van der Waals surface area contributed by atoms with Crippen LogP contribution in [0.4, 0.5) is 4.79 Å². The van der Waals surface area contributed by atoms with E-state index >= 15 is 0 Å². The van der Waals surface area contributed by atoms with Crippen LogP contribution in [0.1, 0.15) is 44.0 Å². The van der Waals surface area contributed by atoms with E-state index in [4.69, 9.17) is 0 Å². The summed E-state index contributed by atoms with van der Waals surface area (Å²) in [6, 6.07) is 5.36.